The number of rotatable bonds is 3. The summed E-state index contributed by atoms with van der Waals surface area (Å²) in [6, 6.07) is 0. The Balaban J connectivity index is 2.91. The Bertz CT molecular complexity index is 325. The summed E-state index contributed by atoms with van der Waals surface area (Å²) in [5.74, 6) is -0.726. The minimum atomic E-state index is -1.57. The van der Waals surface area contributed by atoms with Gasteiger partial charge in [0.05, 0.1) is 4.92 Å². The lowest BCUT2D eigenvalue weighted by molar-refractivity contribution is -0.550. The molecular weight excluding hydrogens is 188 g/mol. The lowest BCUT2D eigenvalue weighted by Crippen LogP contribution is -2.49. The van der Waals surface area contributed by atoms with Crippen LogP contribution in [0.15, 0.2) is 24.4 Å². The van der Waals surface area contributed by atoms with Crippen LogP contribution >= 0.6 is 0 Å². The van der Waals surface area contributed by atoms with Gasteiger partial charge in [-0.15, -0.1) is 0 Å². The van der Waals surface area contributed by atoms with E-state index in [9.17, 15) is 14.9 Å². The molecule has 0 aliphatic carbocycles. The summed E-state index contributed by atoms with van der Waals surface area (Å²) < 4.78 is 0. The summed E-state index contributed by atoms with van der Waals surface area (Å²) in [7, 11) is 1.61. The van der Waals surface area contributed by atoms with Crippen molar-refractivity contribution in [2.24, 2.45) is 5.73 Å². The van der Waals surface area contributed by atoms with Crippen LogP contribution in [0.2, 0.25) is 0 Å². The summed E-state index contributed by atoms with van der Waals surface area (Å²) in [5, 5.41) is 12.2. The molecule has 1 heterocycles. The molecule has 1 atom stereocenters. The summed E-state index contributed by atoms with van der Waals surface area (Å²) >= 11 is 0. The van der Waals surface area contributed by atoms with E-state index in [-0.39, 0.29) is 0 Å². The third kappa shape index (κ3) is 1.88. The fourth-order valence-corrected chi connectivity index (χ4v) is 1.05. The Morgan fingerprint density at radius 2 is 2.43 bits per heavy atom. The molecule has 0 radical (unpaired) electrons. The van der Waals surface area contributed by atoms with Crippen molar-refractivity contribution in [1.29, 1.82) is 0 Å². The molecule has 1 aliphatic heterocycles. The van der Waals surface area contributed by atoms with Crippen molar-refractivity contribution in [1.82, 2.24) is 10.4 Å². The van der Waals surface area contributed by atoms with Crippen molar-refractivity contribution in [3.05, 3.63) is 34.5 Å². The van der Waals surface area contributed by atoms with Crippen LogP contribution in [0.3, 0.4) is 0 Å². The molecule has 7 heteroatoms. The first-order valence-corrected chi connectivity index (χ1v) is 3.79. The summed E-state index contributed by atoms with van der Waals surface area (Å²) in [6.45, 7) is 0. The SMILES string of the molecule is CN1C=CC(/C=C/C(N)=O)([N+](=O)[O-])N1. The monoisotopic (exact) mass is 198 g/mol. The van der Waals surface area contributed by atoms with Gasteiger partial charge in [0.15, 0.2) is 0 Å². The number of nitrogens with two attached hydrogens (primary N) is 1. The molecule has 0 aromatic rings. The molecule has 1 unspecified atom stereocenters. The number of amides is 1. The standard InChI is InChI=1S/C7H10N4O3/c1-10-5-4-7(9-10,11(13)14)3-2-6(8)12/h2-5,9H,1H3,(H2,8,12)/b3-2+. The second-order valence-electron chi connectivity index (χ2n) is 2.86. The van der Waals surface area contributed by atoms with E-state index < -0.39 is 16.5 Å². The van der Waals surface area contributed by atoms with Gasteiger partial charge in [-0.25, -0.2) is 0 Å². The van der Waals surface area contributed by atoms with Crippen LogP contribution in [-0.2, 0) is 4.79 Å². The van der Waals surface area contributed by atoms with Crippen LogP contribution < -0.4 is 11.2 Å². The molecule has 0 bridgehead atoms. The Labute approximate surface area is 80.0 Å². The average molecular weight is 198 g/mol. The van der Waals surface area contributed by atoms with Gasteiger partial charge in [-0.1, -0.05) is 0 Å². The van der Waals surface area contributed by atoms with Crippen molar-refractivity contribution < 1.29 is 9.72 Å². The van der Waals surface area contributed by atoms with Crippen LogP contribution in [0.1, 0.15) is 0 Å². The number of carbonyl (C=O) groups is 1. The zero-order valence-electron chi connectivity index (χ0n) is 7.51. The lowest BCUT2D eigenvalue weighted by Gasteiger charge is -2.17. The van der Waals surface area contributed by atoms with Gasteiger partial charge in [-0.05, 0) is 0 Å². The first-order valence-electron chi connectivity index (χ1n) is 3.79. The highest BCUT2D eigenvalue weighted by Gasteiger charge is 2.41. The minimum Gasteiger partial charge on any atom is -0.366 e. The van der Waals surface area contributed by atoms with Gasteiger partial charge in [-0.2, -0.15) is 5.43 Å². The van der Waals surface area contributed by atoms with Gasteiger partial charge in [0.2, 0.25) is 5.91 Å². The first-order chi connectivity index (χ1) is 6.46. The highest BCUT2D eigenvalue weighted by molar-refractivity contribution is 5.85. The zero-order chi connectivity index (χ0) is 10.8. The molecule has 0 fully saturated rings. The molecule has 7 nitrogen and oxygen atoms in total. The van der Waals surface area contributed by atoms with Crippen LogP contribution in [-0.4, -0.2) is 28.5 Å². The Morgan fingerprint density at radius 1 is 1.79 bits per heavy atom. The fraction of sp³-hybridized carbons (Fsp3) is 0.286. The maximum atomic E-state index is 10.7. The summed E-state index contributed by atoms with van der Waals surface area (Å²) in [4.78, 5) is 20.6. The van der Waals surface area contributed by atoms with Gasteiger partial charge in [0, 0.05) is 31.5 Å². The second-order valence-corrected chi connectivity index (χ2v) is 2.86. The van der Waals surface area contributed by atoms with Crippen molar-refractivity contribution in [2.45, 2.75) is 5.66 Å². The summed E-state index contributed by atoms with van der Waals surface area (Å²) in [5.41, 5.74) is 5.84. The molecule has 3 N–H and O–H groups in total. The van der Waals surface area contributed by atoms with Crippen molar-refractivity contribution in [3.63, 3.8) is 0 Å². The van der Waals surface area contributed by atoms with E-state index in [1.165, 1.54) is 17.3 Å². The van der Waals surface area contributed by atoms with Gasteiger partial charge in [-0.3, -0.25) is 14.9 Å². The molecule has 0 saturated carbocycles. The molecule has 76 valence electrons. The highest BCUT2D eigenvalue weighted by Crippen LogP contribution is 2.16. The van der Waals surface area contributed by atoms with E-state index >= 15 is 0 Å². The molecule has 1 amide bonds. The van der Waals surface area contributed by atoms with E-state index in [2.05, 4.69) is 5.43 Å². The van der Waals surface area contributed by atoms with Crippen LogP contribution in [0.5, 0.6) is 0 Å². The predicted octanol–water partition coefficient (Wildman–Crippen LogP) is -1.04. The Hall–Kier alpha value is -1.89. The molecule has 14 heavy (non-hydrogen) atoms. The summed E-state index contributed by atoms with van der Waals surface area (Å²) in [6.07, 6.45) is 4.88. The van der Waals surface area contributed by atoms with E-state index in [1.807, 2.05) is 0 Å². The molecule has 1 aliphatic rings. The first kappa shape index (κ1) is 10.2. The van der Waals surface area contributed by atoms with Crippen molar-refractivity contribution in [3.8, 4) is 0 Å². The van der Waals surface area contributed by atoms with Gasteiger partial charge in [0.25, 0.3) is 0 Å². The van der Waals surface area contributed by atoms with Gasteiger partial charge in [0.1, 0.15) is 0 Å². The molecule has 0 aromatic carbocycles. The van der Waals surface area contributed by atoms with E-state index in [0.717, 1.165) is 12.2 Å². The number of hydrazine groups is 1. The van der Waals surface area contributed by atoms with E-state index in [0.29, 0.717) is 0 Å². The smallest absolute Gasteiger partial charge is 0.331 e. The third-order valence-electron chi connectivity index (χ3n) is 1.71. The third-order valence-corrected chi connectivity index (χ3v) is 1.71. The average Bonchev–Trinajstić information content (AvgIpc) is 2.45. The quantitative estimate of drug-likeness (QED) is 0.343. The lowest BCUT2D eigenvalue weighted by atomic mass is 10.2. The molecular formula is C7H10N4O3. The van der Waals surface area contributed by atoms with Crippen LogP contribution in [0.4, 0.5) is 0 Å². The van der Waals surface area contributed by atoms with Crippen molar-refractivity contribution >= 4 is 5.91 Å². The molecule has 0 spiro atoms. The zero-order valence-corrected chi connectivity index (χ0v) is 7.51. The largest absolute Gasteiger partial charge is 0.366 e. The number of primary amides is 1. The number of nitrogens with one attached hydrogen (secondary N) is 1. The number of nitro groups is 1. The normalized spacial score (nSPS) is 25.9. The fourth-order valence-electron chi connectivity index (χ4n) is 1.05. The molecule has 1 rings (SSSR count). The number of hydrogen-bond acceptors (Lipinski definition) is 5. The number of hydrogen-bond donors (Lipinski definition) is 2. The van der Waals surface area contributed by atoms with Gasteiger partial charge < -0.3 is 10.7 Å². The van der Waals surface area contributed by atoms with Crippen molar-refractivity contribution in [2.75, 3.05) is 7.05 Å². The maximum Gasteiger partial charge on any atom is 0.331 e. The topological polar surface area (TPSA) is 102 Å². The number of nitrogens with zero attached hydrogens (tertiary/aromatic N) is 2. The molecule has 0 saturated heterocycles. The van der Waals surface area contributed by atoms with E-state index in [1.54, 1.807) is 7.05 Å². The maximum absolute atomic E-state index is 10.7. The van der Waals surface area contributed by atoms with E-state index in [4.69, 9.17) is 5.73 Å². The highest BCUT2D eigenvalue weighted by atomic mass is 16.6. The Morgan fingerprint density at radius 3 is 2.79 bits per heavy atom. The van der Waals surface area contributed by atoms with Gasteiger partial charge >= 0.3 is 5.66 Å². The van der Waals surface area contributed by atoms with Crippen LogP contribution in [0, 0.1) is 10.1 Å². The predicted molar refractivity (Wildman–Crippen MR) is 48.1 cm³/mol. The minimum absolute atomic E-state index is 0.549. The Kier molecular flexibility index (Phi) is 2.52. The second kappa shape index (κ2) is 3.46. The van der Waals surface area contributed by atoms with Crippen LogP contribution in [0.25, 0.3) is 0 Å². The number of carbonyl (C=O) groups excluding carboxylic acids is 1. The molecule has 0 aromatic heterocycles.